The molecule has 0 radical (unpaired) electrons. The highest BCUT2D eigenvalue weighted by atomic mass is 15.1. The zero-order valence-electron chi connectivity index (χ0n) is 28.0. The summed E-state index contributed by atoms with van der Waals surface area (Å²) in [5, 5.41) is 5.36. The van der Waals surface area contributed by atoms with Crippen LogP contribution in [0.4, 0.5) is 22.7 Å². The van der Waals surface area contributed by atoms with Gasteiger partial charge < -0.3 is 9.80 Å². The molecule has 2 aliphatic heterocycles. The highest BCUT2D eigenvalue weighted by Crippen LogP contribution is 2.48. The van der Waals surface area contributed by atoms with E-state index in [9.17, 15) is 0 Å². The van der Waals surface area contributed by atoms with Crippen LogP contribution in [0.2, 0.25) is 0 Å². The van der Waals surface area contributed by atoms with Gasteiger partial charge in [-0.1, -0.05) is 104 Å². The number of hydrogen-bond acceptors (Lipinski definition) is 2. The minimum atomic E-state index is 0.505. The minimum absolute atomic E-state index is 0.505. The Morgan fingerprint density at radius 1 is 0.562 bits per heavy atom. The van der Waals surface area contributed by atoms with E-state index in [-0.39, 0.29) is 0 Å². The van der Waals surface area contributed by atoms with E-state index < -0.39 is 0 Å². The molecule has 0 saturated heterocycles. The Labute approximate surface area is 284 Å². The van der Waals surface area contributed by atoms with Crippen LogP contribution in [0.1, 0.15) is 49.8 Å². The Hall–Kier alpha value is -5.08. The maximum atomic E-state index is 2.55. The van der Waals surface area contributed by atoms with Gasteiger partial charge in [-0.25, -0.2) is 0 Å². The lowest BCUT2D eigenvalue weighted by Crippen LogP contribution is -2.24. The van der Waals surface area contributed by atoms with Crippen LogP contribution in [0.5, 0.6) is 0 Å². The van der Waals surface area contributed by atoms with Gasteiger partial charge in [-0.2, -0.15) is 0 Å². The smallest absolute Gasteiger partial charge is 0.0443 e. The predicted octanol–water partition coefficient (Wildman–Crippen LogP) is 12.2. The standard InChI is InChI=1S/C46H42N2/c1-31-26-32(2)28-36(27-31)46-40-23-21-37(47-24-10-16-33-12-6-8-18-43(33)47)29-41(40)45(35-14-4-3-5-15-35)39-22-20-38(30-42(39)46)48-25-11-17-34-13-7-9-19-44(34)48/h3-9,12-15,18-23,26-27,29-30,32H,10-11,16-17,24-25,28H2,1-2H3. The molecule has 0 N–H and O–H groups in total. The van der Waals surface area contributed by atoms with E-state index in [1.807, 2.05) is 0 Å². The molecule has 0 bridgehead atoms. The largest absolute Gasteiger partial charge is 0.341 e. The molecule has 2 heteroatoms. The van der Waals surface area contributed by atoms with Gasteiger partial charge >= 0.3 is 0 Å². The topological polar surface area (TPSA) is 6.48 Å². The molecule has 6 aromatic rings. The van der Waals surface area contributed by atoms with Crippen molar-refractivity contribution in [1.29, 1.82) is 0 Å². The average Bonchev–Trinajstić information content (AvgIpc) is 3.13. The number of rotatable bonds is 4. The van der Waals surface area contributed by atoms with Crippen molar-refractivity contribution < 1.29 is 0 Å². The van der Waals surface area contributed by atoms with Crippen LogP contribution >= 0.6 is 0 Å². The summed E-state index contributed by atoms with van der Waals surface area (Å²) >= 11 is 0. The van der Waals surface area contributed by atoms with Crippen LogP contribution in [0.25, 0.3) is 38.2 Å². The molecule has 48 heavy (non-hydrogen) atoms. The van der Waals surface area contributed by atoms with Crippen LogP contribution in [0.3, 0.4) is 0 Å². The normalized spacial score (nSPS) is 17.6. The van der Waals surface area contributed by atoms with Crippen molar-refractivity contribution in [3.05, 3.63) is 150 Å². The molecule has 3 aliphatic rings. The highest BCUT2D eigenvalue weighted by molar-refractivity contribution is 6.20. The summed E-state index contributed by atoms with van der Waals surface area (Å²) in [5.74, 6) is 0.505. The average molecular weight is 623 g/mol. The first-order valence-corrected chi connectivity index (χ1v) is 17.8. The monoisotopic (exact) mass is 622 g/mol. The van der Waals surface area contributed by atoms with Gasteiger partial charge in [0, 0.05) is 35.8 Å². The van der Waals surface area contributed by atoms with E-state index in [2.05, 4.69) is 151 Å². The summed E-state index contributed by atoms with van der Waals surface area (Å²) in [6.07, 6.45) is 10.6. The minimum Gasteiger partial charge on any atom is -0.341 e. The first kappa shape index (κ1) is 29.1. The third-order valence-electron chi connectivity index (χ3n) is 10.8. The molecule has 2 heterocycles. The molecule has 0 aromatic heterocycles. The molecule has 236 valence electrons. The lowest BCUT2D eigenvalue weighted by molar-refractivity contribution is 0.742. The molecule has 1 unspecified atom stereocenters. The number of anilines is 4. The fraction of sp³-hybridized carbons (Fsp3) is 0.217. The van der Waals surface area contributed by atoms with E-state index >= 15 is 0 Å². The number of nitrogens with zero attached hydrogens (tertiary/aromatic N) is 2. The number of allylic oxidation sites excluding steroid dienone is 4. The summed E-state index contributed by atoms with van der Waals surface area (Å²) in [7, 11) is 0. The molecule has 1 aliphatic carbocycles. The van der Waals surface area contributed by atoms with Gasteiger partial charge in [0.25, 0.3) is 0 Å². The van der Waals surface area contributed by atoms with E-state index in [1.54, 1.807) is 0 Å². The Balaban J connectivity index is 1.35. The lowest BCUT2D eigenvalue weighted by atomic mass is 9.81. The zero-order chi connectivity index (χ0) is 32.2. The second kappa shape index (κ2) is 11.9. The maximum absolute atomic E-state index is 2.55. The van der Waals surface area contributed by atoms with Crippen LogP contribution in [0, 0.1) is 5.92 Å². The summed E-state index contributed by atoms with van der Waals surface area (Å²) in [6.45, 7) is 6.71. The summed E-state index contributed by atoms with van der Waals surface area (Å²) in [5.41, 5.74) is 15.0. The van der Waals surface area contributed by atoms with Crippen molar-refractivity contribution in [2.24, 2.45) is 5.92 Å². The fourth-order valence-corrected chi connectivity index (χ4v) is 8.82. The van der Waals surface area contributed by atoms with E-state index in [1.165, 1.54) is 96.1 Å². The molecule has 2 nitrogen and oxygen atoms in total. The van der Waals surface area contributed by atoms with Gasteiger partial charge in [-0.05, 0) is 136 Å². The first-order chi connectivity index (χ1) is 23.6. The van der Waals surface area contributed by atoms with Crippen molar-refractivity contribution in [2.75, 3.05) is 22.9 Å². The fourth-order valence-electron chi connectivity index (χ4n) is 8.82. The quantitative estimate of drug-likeness (QED) is 0.181. The Morgan fingerprint density at radius 2 is 1.10 bits per heavy atom. The Kier molecular flexibility index (Phi) is 7.19. The maximum Gasteiger partial charge on any atom is 0.0443 e. The van der Waals surface area contributed by atoms with Gasteiger partial charge in [-0.3, -0.25) is 0 Å². The Morgan fingerprint density at radius 3 is 1.71 bits per heavy atom. The number of aryl methyl sites for hydroxylation is 2. The SMILES string of the molecule is CC1=CC(C)CC(c2c3cc(N4CCCc5ccccc54)ccc3c(-c3ccccc3)c3cc(N4CCCc5ccccc54)ccc23)=C1. The molecule has 6 aromatic carbocycles. The predicted molar refractivity (Wildman–Crippen MR) is 206 cm³/mol. The lowest BCUT2D eigenvalue weighted by Gasteiger charge is -2.33. The molecular weight excluding hydrogens is 581 g/mol. The van der Waals surface area contributed by atoms with E-state index in [0.29, 0.717) is 5.92 Å². The number of hydrogen-bond donors (Lipinski definition) is 0. The molecule has 0 spiro atoms. The summed E-state index contributed by atoms with van der Waals surface area (Å²) in [4.78, 5) is 5.09. The molecule has 9 rings (SSSR count). The van der Waals surface area contributed by atoms with Crippen molar-refractivity contribution in [3.8, 4) is 11.1 Å². The zero-order valence-corrected chi connectivity index (χ0v) is 28.0. The van der Waals surface area contributed by atoms with E-state index in [4.69, 9.17) is 0 Å². The van der Waals surface area contributed by atoms with E-state index in [0.717, 1.165) is 32.4 Å². The number of para-hydroxylation sites is 2. The van der Waals surface area contributed by atoms with Crippen LogP contribution in [-0.4, -0.2) is 13.1 Å². The van der Waals surface area contributed by atoms with Gasteiger partial charge in [0.15, 0.2) is 0 Å². The molecule has 1 atom stereocenters. The molecule has 0 amide bonds. The molecule has 0 saturated carbocycles. The van der Waals surface area contributed by atoms with Crippen molar-refractivity contribution in [1.82, 2.24) is 0 Å². The van der Waals surface area contributed by atoms with Crippen LogP contribution in [-0.2, 0) is 12.8 Å². The van der Waals surface area contributed by atoms with Gasteiger partial charge in [0.05, 0.1) is 0 Å². The summed E-state index contributed by atoms with van der Waals surface area (Å²) < 4.78 is 0. The third kappa shape index (κ3) is 4.94. The first-order valence-electron chi connectivity index (χ1n) is 17.8. The highest BCUT2D eigenvalue weighted by Gasteiger charge is 2.25. The summed E-state index contributed by atoms with van der Waals surface area (Å²) in [6, 6.07) is 43.6. The number of benzene rings is 6. The van der Waals surface area contributed by atoms with Crippen molar-refractivity contribution >= 4 is 49.9 Å². The van der Waals surface area contributed by atoms with Crippen LogP contribution < -0.4 is 9.80 Å². The van der Waals surface area contributed by atoms with Gasteiger partial charge in [-0.15, -0.1) is 0 Å². The van der Waals surface area contributed by atoms with Gasteiger partial charge in [0.2, 0.25) is 0 Å². The third-order valence-corrected chi connectivity index (χ3v) is 10.8. The van der Waals surface area contributed by atoms with Crippen molar-refractivity contribution in [2.45, 2.75) is 46.0 Å². The van der Waals surface area contributed by atoms with Crippen molar-refractivity contribution in [3.63, 3.8) is 0 Å². The van der Waals surface area contributed by atoms with Gasteiger partial charge in [0.1, 0.15) is 0 Å². The molecular formula is C46H42N2. The second-order valence-corrected chi connectivity index (χ2v) is 14.1. The second-order valence-electron chi connectivity index (χ2n) is 14.1. The van der Waals surface area contributed by atoms with Crippen LogP contribution in [0.15, 0.2) is 133 Å². The molecule has 0 fully saturated rings. The number of fused-ring (bicyclic) bond motifs is 4. The Bertz CT molecular complexity index is 2260.